The summed E-state index contributed by atoms with van der Waals surface area (Å²) < 4.78 is 0. The lowest BCUT2D eigenvalue weighted by Crippen LogP contribution is -2.58. The van der Waals surface area contributed by atoms with Gasteiger partial charge in [-0.1, -0.05) is 13.8 Å². The van der Waals surface area contributed by atoms with Crippen molar-refractivity contribution in [1.29, 1.82) is 0 Å². The van der Waals surface area contributed by atoms with Crippen molar-refractivity contribution in [2.24, 2.45) is 5.41 Å². The minimum atomic E-state index is 0.765. The summed E-state index contributed by atoms with van der Waals surface area (Å²) in [4.78, 5) is 0. The van der Waals surface area contributed by atoms with E-state index in [-0.39, 0.29) is 0 Å². The molecule has 0 heterocycles. The second-order valence-electron chi connectivity index (χ2n) is 4.29. The minimum absolute atomic E-state index is 0.765. The highest BCUT2D eigenvalue weighted by Gasteiger charge is 2.51. The lowest BCUT2D eigenvalue weighted by Gasteiger charge is -2.57. The molecule has 78 valence electrons. The smallest absolute Gasteiger partial charge is 0.00746 e. The lowest BCUT2D eigenvalue weighted by molar-refractivity contribution is -0.0249. The Morgan fingerprint density at radius 3 is 1.38 bits per heavy atom. The van der Waals surface area contributed by atoms with E-state index in [2.05, 4.69) is 24.7 Å². The summed E-state index contributed by atoms with van der Waals surface area (Å²) in [6.45, 7) is 4.00. The molecule has 2 nitrogen and oxygen atoms in total. The van der Waals surface area contributed by atoms with Gasteiger partial charge in [-0.2, -0.15) is 0 Å². The third-order valence-electron chi connectivity index (χ3n) is 3.53. The van der Waals surface area contributed by atoms with Crippen LogP contribution in [0.3, 0.4) is 0 Å². The van der Waals surface area contributed by atoms with Crippen LogP contribution < -0.4 is 10.6 Å². The van der Waals surface area contributed by atoms with Crippen LogP contribution in [0.2, 0.25) is 0 Å². The lowest BCUT2D eigenvalue weighted by atomic mass is 9.52. The van der Waals surface area contributed by atoms with Gasteiger partial charge in [0.05, 0.1) is 0 Å². The van der Waals surface area contributed by atoms with Crippen molar-refractivity contribution in [2.45, 2.75) is 51.6 Å². The molecule has 2 aliphatic carbocycles. The molecule has 0 aromatic heterocycles. The van der Waals surface area contributed by atoms with Gasteiger partial charge in [0.15, 0.2) is 0 Å². The van der Waals surface area contributed by atoms with Crippen molar-refractivity contribution < 1.29 is 0 Å². The molecule has 0 aliphatic heterocycles. The van der Waals surface area contributed by atoms with E-state index in [0.717, 1.165) is 17.5 Å². The van der Waals surface area contributed by atoms with Crippen LogP contribution in [0.1, 0.15) is 39.5 Å². The van der Waals surface area contributed by atoms with Gasteiger partial charge in [0.25, 0.3) is 0 Å². The Bertz CT molecular complexity index is 123. The zero-order valence-corrected chi connectivity index (χ0v) is 9.48. The first-order valence-electron chi connectivity index (χ1n) is 5.62. The monoisotopic (exact) mass is 184 g/mol. The van der Waals surface area contributed by atoms with Crippen LogP contribution in [-0.4, -0.2) is 26.2 Å². The van der Waals surface area contributed by atoms with E-state index in [1.54, 1.807) is 0 Å². The molecule has 0 unspecified atom stereocenters. The summed E-state index contributed by atoms with van der Waals surface area (Å²) in [6, 6.07) is 1.65. The van der Waals surface area contributed by atoms with Gasteiger partial charge in [-0.15, -0.1) is 0 Å². The van der Waals surface area contributed by atoms with Crippen molar-refractivity contribution in [1.82, 2.24) is 10.6 Å². The number of hydrogen-bond acceptors (Lipinski definition) is 2. The summed E-state index contributed by atoms with van der Waals surface area (Å²) in [5.41, 5.74) is 0.765. The second-order valence-corrected chi connectivity index (χ2v) is 4.29. The van der Waals surface area contributed by atoms with E-state index in [1.807, 2.05) is 13.8 Å². The average molecular weight is 184 g/mol. The molecule has 2 heteroatoms. The highest BCUT2D eigenvalue weighted by atomic mass is 15.0. The Hall–Kier alpha value is -0.0800. The first kappa shape index (κ1) is 11.0. The maximum Gasteiger partial charge on any atom is 0.00746 e. The summed E-state index contributed by atoms with van der Waals surface area (Å²) in [5, 5.41) is 6.67. The molecule has 2 N–H and O–H groups in total. The first-order valence-corrected chi connectivity index (χ1v) is 5.62. The van der Waals surface area contributed by atoms with Crippen molar-refractivity contribution in [2.75, 3.05) is 14.1 Å². The van der Waals surface area contributed by atoms with Gasteiger partial charge < -0.3 is 10.6 Å². The van der Waals surface area contributed by atoms with Gasteiger partial charge in [0.2, 0.25) is 0 Å². The van der Waals surface area contributed by atoms with E-state index >= 15 is 0 Å². The molecule has 2 fully saturated rings. The molecule has 2 saturated carbocycles. The van der Waals surface area contributed by atoms with Gasteiger partial charge in [-0.05, 0) is 45.2 Å². The van der Waals surface area contributed by atoms with E-state index in [4.69, 9.17) is 0 Å². The van der Waals surface area contributed by atoms with E-state index < -0.39 is 0 Å². The van der Waals surface area contributed by atoms with Crippen LogP contribution in [0, 0.1) is 5.41 Å². The molecular formula is C11H24N2. The van der Waals surface area contributed by atoms with Crippen LogP contribution in [0.15, 0.2) is 0 Å². The molecule has 0 radical (unpaired) electrons. The van der Waals surface area contributed by atoms with Gasteiger partial charge in [-0.25, -0.2) is 0 Å². The van der Waals surface area contributed by atoms with E-state index in [9.17, 15) is 0 Å². The zero-order chi connectivity index (χ0) is 9.90. The summed E-state index contributed by atoms with van der Waals surface area (Å²) >= 11 is 0. The summed E-state index contributed by atoms with van der Waals surface area (Å²) in [7, 11) is 4.15. The van der Waals surface area contributed by atoms with Crippen LogP contribution in [0.4, 0.5) is 0 Å². The maximum atomic E-state index is 3.34. The third kappa shape index (κ3) is 2.05. The minimum Gasteiger partial charge on any atom is -0.317 e. The van der Waals surface area contributed by atoms with Crippen LogP contribution in [-0.2, 0) is 0 Å². The molecule has 0 amide bonds. The van der Waals surface area contributed by atoms with E-state index in [1.165, 1.54) is 25.7 Å². The molecule has 0 aromatic carbocycles. The Kier molecular flexibility index (Phi) is 3.74. The normalized spacial score (nSPS) is 41.5. The molecule has 0 saturated heterocycles. The topological polar surface area (TPSA) is 24.1 Å². The number of rotatable bonds is 2. The molecule has 0 aromatic rings. The molecule has 1 spiro atoms. The molecule has 0 atom stereocenters. The predicted octanol–water partition coefficient (Wildman–Crippen LogP) is 1.76. The van der Waals surface area contributed by atoms with Gasteiger partial charge in [0, 0.05) is 12.1 Å². The molecule has 2 aliphatic rings. The molecule has 13 heavy (non-hydrogen) atoms. The molecule has 2 rings (SSSR count). The first-order chi connectivity index (χ1) is 6.28. The highest BCUT2D eigenvalue weighted by Crippen LogP contribution is 2.55. The average Bonchev–Trinajstić information content (AvgIpc) is 2.04. The number of hydrogen-bond donors (Lipinski definition) is 2. The fraction of sp³-hybridized carbons (Fsp3) is 1.00. The quantitative estimate of drug-likeness (QED) is 0.683. The van der Waals surface area contributed by atoms with Crippen molar-refractivity contribution in [3.8, 4) is 0 Å². The maximum absolute atomic E-state index is 3.34. The highest BCUT2D eigenvalue weighted by molar-refractivity contribution is 5.07. The van der Waals surface area contributed by atoms with Crippen molar-refractivity contribution >= 4 is 0 Å². The Balaban J connectivity index is 0.000000396. The zero-order valence-electron chi connectivity index (χ0n) is 9.48. The van der Waals surface area contributed by atoms with Gasteiger partial charge in [0.1, 0.15) is 0 Å². The van der Waals surface area contributed by atoms with Crippen molar-refractivity contribution in [3.05, 3.63) is 0 Å². The SMILES string of the molecule is CC.CNC1CC2(C1)CC(NC)C2. The van der Waals surface area contributed by atoms with Crippen LogP contribution in [0.5, 0.6) is 0 Å². The summed E-state index contributed by atoms with van der Waals surface area (Å²) in [5.74, 6) is 0. The fourth-order valence-corrected chi connectivity index (χ4v) is 2.71. The van der Waals surface area contributed by atoms with Crippen LogP contribution >= 0.6 is 0 Å². The summed E-state index contributed by atoms with van der Waals surface area (Å²) in [6.07, 6.45) is 5.67. The van der Waals surface area contributed by atoms with E-state index in [0.29, 0.717) is 0 Å². The Morgan fingerprint density at radius 1 is 0.846 bits per heavy atom. The largest absolute Gasteiger partial charge is 0.317 e. The van der Waals surface area contributed by atoms with Gasteiger partial charge in [-0.3, -0.25) is 0 Å². The van der Waals surface area contributed by atoms with Crippen LogP contribution in [0.25, 0.3) is 0 Å². The fourth-order valence-electron chi connectivity index (χ4n) is 2.71. The van der Waals surface area contributed by atoms with Crippen molar-refractivity contribution in [3.63, 3.8) is 0 Å². The number of nitrogens with one attached hydrogen (secondary N) is 2. The standard InChI is InChI=1S/C9H18N2.C2H6/c1-10-7-3-9(4-7)5-8(6-9)11-2;1-2/h7-8,10-11H,3-6H2,1-2H3;1-2H3. The van der Waals surface area contributed by atoms with Gasteiger partial charge >= 0.3 is 0 Å². The second kappa shape index (κ2) is 4.43. The molecular weight excluding hydrogens is 160 g/mol. The Labute approximate surface area is 82.5 Å². The predicted molar refractivity (Wildman–Crippen MR) is 57.9 cm³/mol. The molecule has 0 bridgehead atoms. The third-order valence-corrected chi connectivity index (χ3v) is 3.53. The Morgan fingerprint density at radius 2 is 1.15 bits per heavy atom.